The summed E-state index contributed by atoms with van der Waals surface area (Å²) in [6.07, 6.45) is 5.02. The Morgan fingerprint density at radius 2 is 1.84 bits per heavy atom. The van der Waals surface area contributed by atoms with Crippen molar-refractivity contribution in [2.24, 2.45) is 0 Å². The molecule has 1 aliphatic carbocycles. The van der Waals surface area contributed by atoms with Crippen molar-refractivity contribution in [3.8, 4) is 0 Å². The zero-order valence-corrected chi connectivity index (χ0v) is 19.0. The largest absolute Gasteiger partial charge is 0.321 e. The zero-order chi connectivity index (χ0) is 22.7. The van der Waals surface area contributed by atoms with E-state index in [1.54, 1.807) is 30.7 Å². The van der Waals surface area contributed by atoms with Gasteiger partial charge in [-0.15, -0.1) is 11.8 Å². The molecular weight excluding hydrogens is 424 g/mol. The first kappa shape index (κ1) is 22.1. The molecule has 4 rings (SSSR count). The summed E-state index contributed by atoms with van der Waals surface area (Å²) in [5.41, 5.74) is 3.29. The van der Waals surface area contributed by atoms with Gasteiger partial charge in [0.05, 0.1) is 17.2 Å². The number of carbonyl (C=O) groups is 1. The minimum absolute atomic E-state index is 0.0511. The van der Waals surface area contributed by atoms with Crippen LogP contribution in [0, 0.1) is 24.0 Å². The molecular formula is C24H26N4O3S. The van der Waals surface area contributed by atoms with Gasteiger partial charge in [0, 0.05) is 15.7 Å². The monoisotopic (exact) mass is 450 g/mol. The van der Waals surface area contributed by atoms with E-state index >= 15 is 0 Å². The fourth-order valence-corrected chi connectivity index (χ4v) is 5.42. The third-order valence-electron chi connectivity index (χ3n) is 5.81. The van der Waals surface area contributed by atoms with Crippen LogP contribution >= 0.6 is 11.8 Å². The molecule has 0 unspecified atom stereocenters. The summed E-state index contributed by atoms with van der Waals surface area (Å²) in [4.78, 5) is 24.8. The SMILES string of the molecule is Cc1nn(Cc2ccc(C(=O)Nc3ccccc3SC3CCCC3)cc2)c(C)c1[N+](=O)[O-]. The molecule has 0 bridgehead atoms. The Morgan fingerprint density at radius 3 is 2.50 bits per heavy atom. The molecule has 1 N–H and O–H groups in total. The van der Waals surface area contributed by atoms with Gasteiger partial charge in [-0.05, 0) is 56.5 Å². The van der Waals surface area contributed by atoms with E-state index in [-0.39, 0.29) is 11.6 Å². The molecule has 7 nitrogen and oxygen atoms in total. The lowest BCUT2D eigenvalue weighted by Crippen LogP contribution is -2.13. The number of aromatic nitrogens is 2. The normalized spacial score (nSPS) is 13.9. The molecule has 1 fully saturated rings. The third kappa shape index (κ3) is 4.85. The number of hydrogen-bond acceptors (Lipinski definition) is 5. The van der Waals surface area contributed by atoms with Crippen LogP contribution in [0.2, 0.25) is 0 Å². The fraction of sp³-hybridized carbons (Fsp3) is 0.333. The van der Waals surface area contributed by atoms with E-state index in [1.165, 1.54) is 25.7 Å². The molecule has 0 aliphatic heterocycles. The van der Waals surface area contributed by atoms with Crippen molar-refractivity contribution in [2.75, 3.05) is 5.32 Å². The Hall–Kier alpha value is -3.13. The van der Waals surface area contributed by atoms with E-state index in [0.29, 0.717) is 28.7 Å². The van der Waals surface area contributed by atoms with Crippen molar-refractivity contribution in [1.29, 1.82) is 0 Å². The van der Waals surface area contributed by atoms with Crippen LogP contribution in [0.4, 0.5) is 11.4 Å². The molecule has 3 aromatic rings. The van der Waals surface area contributed by atoms with Crippen molar-refractivity contribution < 1.29 is 9.72 Å². The molecule has 0 atom stereocenters. The number of nitrogens with one attached hydrogen (secondary N) is 1. The molecule has 0 radical (unpaired) electrons. The highest BCUT2D eigenvalue weighted by Gasteiger charge is 2.22. The predicted molar refractivity (Wildman–Crippen MR) is 126 cm³/mol. The maximum Gasteiger partial charge on any atom is 0.312 e. The van der Waals surface area contributed by atoms with Crippen LogP contribution in [0.25, 0.3) is 0 Å². The highest BCUT2D eigenvalue weighted by Crippen LogP contribution is 2.38. The summed E-state index contributed by atoms with van der Waals surface area (Å²) in [5, 5.41) is 19.2. The molecule has 1 heterocycles. The van der Waals surface area contributed by atoms with Gasteiger partial charge in [0.15, 0.2) is 0 Å². The average molecular weight is 451 g/mol. The van der Waals surface area contributed by atoms with E-state index in [4.69, 9.17) is 0 Å². The summed E-state index contributed by atoms with van der Waals surface area (Å²) in [7, 11) is 0. The molecule has 1 saturated carbocycles. The molecule has 8 heteroatoms. The number of hydrogen-bond donors (Lipinski definition) is 1. The van der Waals surface area contributed by atoms with Crippen LogP contribution in [0.1, 0.15) is 53.0 Å². The second-order valence-electron chi connectivity index (χ2n) is 8.11. The molecule has 1 aliphatic rings. The van der Waals surface area contributed by atoms with Gasteiger partial charge >= 0.3 is 5.69 Å². The smallest absolute Gasteiger partial charge is 0.312 e. The van der Waals surface area contributed by atoms with E-state index in [1.807, 2.05) is 42.1 Å². The van der Waals surface area contributed by atoms with Gasteiger partial charge in [-0.3, -0.25) is 19.6 Å². The predicted octanol–water partition coefficient (Wildman–Crippen LogP) is 5.74. The number of thioether (sulfide) groups is 1. The fourth-order valence-electron chi connectivity index (χ4n) is 4.09. The minimum atomic E-state index is -0.398. The van der Waals surface area contributed by atoms with Gasteiger partial charge in [-0.2, -0.15) is 5.10 Å². The number of benzene rings is 2. The van der Waals surface area contributed by atoms with Gasteiger partial charge in [-0.25, -0.2) is 0 Å². The first-order chi connectivity index (χ1) is 15.4. The summed E-state index contributed by atoms with van der Waals surface area (Å²) in [5.74, 6) is -0.155. The maximum atomic E-state index is 12.8. The van der Waals surface area contributed by atoms with Gasteiger partial charge in [0.1, 0.15) is 11.4 Å². The second kappa shape index (κ2) is 9.56. The number of amides is 1. The molecule has 1 amide bonds. The van der Waals surface area contributed by atoms with E-state index in [9.17, 15) is 14.9 Å². The first-order valence-corrected chi connectivity index (χ1v) is 11.6. The molecule has 1 aromatic heterocycles. The minimum Gasteiger partial charge on any atom is -0.321 e. The van der Waals surface area contributed by atoms with E-state index in [2.05, 4.69) is 16.5 Å². The van der Waals surface area contributed by atoms with Crippen molar-refractivity contribution >= 4 is 29.0 Å². The Bertz CT molecular complexity index is 1130. The number of nitrogens with zero attached hydrogens (tertiary/aromatic N) is 3. The zero-order valence-electron chi connectivity index (χ0n) is 18.2. The highest BCUT2D eigenvalue weighted by molar-refractivity contribution is 8.00. The third-order valence-corrected chi connectivity index (χ3v) is 7.22. The van der Waals surface area contributed by atoms with Gasteiger partial charge < -0.3 is 5.32 Å². The molecule has 0 saturated heterocycles. The van der Waals surface area contributed by atoms with Crippen molar-refractivity contribution in [1.82, 2.24) is 9.78 Å². The van der Waals surface area contributed by atoms with Gasteiger partial charge in [-0.1, -0.05) is 37.1 Å². The molecule has 0 spiro atoms. The Labute approximate surface area is 191 Å². The first-order valence-electron chi connectivity index (χ1n) is 10.8. The molecule has 166 valence electrons. The van der Waals surface area contributed by atoms with Crippen LogP contribution < -0.4 is 5.32 Å². The van der Waals surface area contributed by atoms with E-state index < -0.39 is 4.92 Å². The lowest BCUT2D eigenvalue weighted by atomic mass is 10.1. The van der Waals surface area contributed by atoms with Gasteiger partial charge in [0.25, 0.3) is 5.91 Å². The average Bonchev–Trinajstić information content (AvgIpc) is 3.37. The number of aryl methyl sites for hydroxylation is 1. The van der Waals surface area contributed by atoms with Crippen LogP contribution in [0.3, 0.4) is 0 Å². The lowest BCUT2D eigenvalue weighted by Gasteiger charge is -2.14. The van der Waals surface area contributed by atoms with Crippen LogP contribution in [0.15, 0.2) is 53.4 Å². The summed E-state index contributed by atoms with van der Waals surface area (Å²) < 4.78 is 1.62. The van der Waals surface area contributed by atoms with Crippen molar-refractivity contribution in [3.05, 3.63) is 81.2 Å². The standard InChI is InChI=1S/C24H26N4O3S/c1-16-23(28(30)31)17(2)27(26-16)15-18-11-13-19(14-12-18)24(29)25-21-9-5-6-10-22(21)32-20-7-3-4-8-20/h5-6,9-14,20H,3-4,7-8,15H2,1-2H3,(H,25,29). The second-order valence-corrected chi connectivity index (χ2v) is 9.45. The van der Waals surface area contributed by atoms with Crippen molar-refractivity contribution in [2.45, 2.75) is 56.2 Å². The quantitative estimate of drug-likeness (QED) is 0.366. The maximum absolute atomic E-state index is 12.8. The number of para-hydroxylation sites is 1. The van der Waals surface area contributed by atoms with Crippen molar-refractivity contribution in [3.63, 3.8) is 0 Å². The number of anilines is 1. The highest BCUT2D eigenvalue weighted by atomic mass is 32.2. The van der Waals surface area contributed by atoms with Crippen LogP contribution in [0.5, 0.6) is 0 Å². The van der Waals surface area contributed by atoms with Crippen LogP contribution in [-0.4, -0.2) is 25.9 Å². The van der Waals surface area contributed by atoms with E-state index in [0.717, 1.165) is 16.1 Å². The Morgan fingerprint density at radius 1 is 1.16 bits per heavy atom. The molecule has 32 heavy (non-hydrogen) atoms. The van der Waals surface area contributed by atoms with Gasteiger partial charge in [0.2, 0.25) is 0 Å². The number of carbonyl (C=O) groups excluding carboxylic acids is 1. The summed E-state index contributed by atoms with van der Waals surface area (Å²) in [6, 6.07) is 15.2. The lowest BCUT2D eigenvalue weighted by molar-refractivity contribution is -0.386. The van der Waals surface area contributed by atoms with Crippen LogP contribution in [-0.2, 0) is 6.54 Å². The Kier molecular flexibility index (Phi) is 6.60. The number of rotatable bonds is 7. The topological polar surface area (TPSA) is 90.1 Å². The number of nitro groups is 1. The summed E-state index contributed by atoms with van der Waals surface area (Å²) >= 11 is 1.85. The molecule has 2 aromatic carbocycles. The summed E-state index contributed by atoms with van der Waals surface area (Å²) in [6.45, 7) is 3.74. The Balaban J connectivity index is 1.44.